The Hall–Kier alpha value is -1.62. The lowest BCUT2D eigenvalue weighted by Crippen LogP contribution is -2.45. The molecule has 4 heterocycles. The Labute approximate surface area is 105 Å². The van der Waals surface area contributed by atoms with Gasteiger partial charge in [-0.3, -0.25) is 0 Å². The number of anilines is 1. The van der Waals surface area contributed by atoms with Crippen LogP contribution < -0.4 is 4.90 Å². The lowest BCUT2D eigenvalue weighted by atomic mass is 10.00. The van der Waals surface area contributed by atoms with Crippen LogP contribution in [0.4, 0.5) is 5.82 Å². The minimum absolute atomic E-state index is 0.137. The highest BCUT2D eigenvalue weighted by Crippen LogP contribution is 2.40. The number of fused-ring (bicyclic) bond motifs is 3. The molecule has 4 rings (SSSR count). The van der Waals surface area contributed by atoms with E-state index in [1.165, 1.54) is 0 Å². The number of hydrogen-bond donors (Lipinski definition) is 2. The molecule has 0 amide bonds. The third-order valence-electron chi connectivity index (χ3n) is 4.29. The zero-order chi connectivity index (χ0) is 12.1. The molecule has 2 aliphatic rings. The summed E-state index contributed by atoms with van der Waals surface area (Å²) >= 11 is 0. The van der Waals surface area contributed by atoms with Crippen molar-refractivity contribution in [3.05, 3.63) is 18.6 Å². The Morgan fingerprint density at radius 3 is 2.78 bits per heavy atom. The molecule has 0 saturated carbocycles. The van der Waals surface area contributed by atoms with E-state index in [0.29, 0.717) is 12.1 Å². The van der Waals surface area contributed by atoms with E-state index >= 15 is 0 Å². The van der Waals surface area contributed by atoms with Crippen LogP contribution in [0.2, 0.25) is 0 Å². The average Bonchev–Trinajstić information content (AvgIpc) is 2.92. The molecule has 2 fully saturated rings. The van der Waals surface area contributed by atoms with Gasteiger partial charge in [0.2, 0.25) is 0 Å². The zero-order valence-electron chi connectivity index (χ0n) is 10.1. The van der Waals surface area contributed by atoms with Crippen molar-refractivity contribution in [2.24, 2.45) is 0 Å². The molecule has 2 aromatic heterocycles. The van der Waals surface area contributed by atoms with Gasteiger partial charge >= 0.3 is 0 Å². The molecule has 2 bridgehead atoms. The predicted molar refractivity (Wildman–Crippen MR) is 68.4 cm³/mol. The molecule has 0 aromatic carbocycles. The topological polar surface area (TPSA) is 65.0 Å². The number of hydrogen-bond acceptors (Lipinski definition) is 4. The number of aliphatic hydroxyl groups is 1. The molecular weight excluding hydrogens is 228 g/mol. The standard InChI is InChI=1S/C13H16N4O/c18-10-5-8-1-2-9(6-10)17(8)13-11-3-4-14-12(11)15-7-16-13/h3-4,7-10,18H,1-2,5-6H2,(H,14,15,16). The fraction of sp³-hybridized carbons (Fsp3) is 0.538. The number of nitrogens with one attached hydrogen (secondary N) is 1. The Balaban J connectivity index is 1.81. The van der Waals surface area contributed by atoms with Crippen molar-refractivity contribution < 1.29 is 5.11 Å². The molecule has 5 heteroatoms. The molecule has 2 unspecified atom stereocenters. The van der Waals surface area contributed by atoms with Crippen LogP contribution in [0.15, 0.2) is 18.6 Å². The second-order valence-electron chi connectivity index (χ2n) is 5.35. The summed E-state index contributed by atoms with van der Waals surface area (Å²) in [5, 5.41) is 11.0. The summed E-state index contributed by atoms with van der Waals surface area (Å²) in [4.78, 5) is 14.3. The second kappa shape index (κ2) is 3.68. The third-order valence-corrected chi connectivity index (χ3v) is 4.29. The number of nitrogens with zero attached hydrogens (tertiary/aromatic N) is 3. The Morgan fingerprint density at radius 1 is 1.22 bits per heavy atom. The normalized spacial score (nSPS) is 31.2. The lowest BCUT2D eigenvalue weighted by molar-refractivity contribution is 0.126. The molecule has 2 N–H and O–H groups in total. The first kappa shape index (κ1) is 10.3. The lowest BCUT2D eigenvalue weighted by Gasteiger charge is -2.38. The van der Waals surface area contributed by atoms with Gasteiger partial charge in [-0.1, -0.05) is 0 Å². The van der Waals surface area contributed by atoms with E-state index in [0.717, 1.165) is 42.5 Å². The molecule has 18 heavy (non-hydrogen) atoms. The van der Waals surface area contributed by atoms with Crippen LogP contribution >= 0.6 is 0 Å². The van der Waals surface area contributed by atoms with Gasteiger partial charge in [0.05, 0.1) is 11.5 Å². The van der Waals surface area contributed by atoms with Crippen LogP contribution in [0.3, 0.4) is 0 Å². The van der Waals surface area contributed by atoms with Gasteiger partial charge in [0.1, 0.15) is 17.8 Å². The Bertz CT molecular complexity index is 567. The van der Waals surface area contributed by atoms with Gasteiger partial charge in [0, 0.05) is 18.3 Å². The summed E-state index contributed by atoms with van der Waals surface area (Å²) in [5.41, 5.74) is 0.894. The van der Waals surface area contributed by atoms with Crippen LogP contribution in [-0.4, -0.2) is 38.2 Å². The molecule has 2 aliphatic heterocycles. The van der Waals surface area contributed by atoms with Gasteiger partial charge in [-0.15, -0.1) is 0 Å². The predicted octanol–water partition coefficient (Wildman–Crippen LogP) is 1.45. The van der Waals surface area contributed by atoms with E-state index in [9.17, 15) is 5.11 Å². The first-order chi connectivity index (χ1) is 8.83. The maximum absolute atomic E-state index is 9.86. The maximum atomic E-state index is 9.86. The van der Waals surface area contributed by atoms with E-state index in [1.807, 2.05) is 12.3 Å². The van der Waals surface area contributed by atoms with Crippen LogP contribution in [0.5, 0.6) is 0 Å². The number of rotatable bonds is 1. The first-order valence-corrected chi connectivity index (χ1v) is 6.57. The molecule has 94 valence electrons. The first-order valence-electron chi connectivity index (χ1n) is 6.57. The van der Waals surface area contributed by atoms with Gasteiger partial charge in [0.15, 0.2) is 0 Å². The van der Waals surface area contributed by atoms with Crippen molar-refractivity contribution in [2.45, 2.75) is 43.9 Å². The SMILES string of the molecule is OC1CC2CCC(C1)N2c1ncnc2[nH]ccc12. The van der Waals surface area contributed by atoms with Gasteiger partial charge in [-0.2, -0.15) is 0 Å². The van der Waals surface area contributed by atoms with Crippen molar-refractivity contribution >= 4 is 16.9 Å². The number of piperidine rings is 1. The zero-order valence-corrected chi connectivity index (χ0v) is 10.1. The van der Waals surface area contributed by atoms with E-state index in [4.69, 9.17) is 0 Å². The molecule has 2 atom stereocenters. The number of aromatic amines is 1. The van der Waals surface area contributed by atoms with E-state index in [1.54, 1.807) is 6.33 Å². The quantitative estimate of drug-likeness (QED) is 0.797. The molecule has 2 saturated heterocycles. The smallest absolute Gasteiger partial charge is 0.142 e. The molecule has 0 radical (unpaired) electrons. The Morgan fingerprint density at radius 2 is 2.00 bits per heavy atom. The monoisotopic (exact) mass is 244 g/mol. The summed E-state index contributed by atoms with van der Waals surface area (Å²) in [6.45, 7) is 0. The molecule has 5 nitrogen and oxygen atoms in total. The Kier molecular flexibility index (Phi) is 2.11. The largest absolute Gasteiger partial charge is 0.393 e. The summed E-state index contributed by atoms with van der Waals surface area (Å²) in [6, 6.07) is 2.91. The third kappa shape index (κ3) is 1.37. The van der Waals surface area contributed by atoms with E-state index in [-0.39, 0.29) is 6.10 Å². The molecular formula is C13H16N4O. The van der Waals surface area contributed by atoms with Crippen molar-refractivity contribution in [2.75, 3.05) is 4.90 Å². The van der Waals surface area contributed by atoms with Gasteiger partial charge in [-0.25, -0.2) is 9.97 Å². The highest BCUT2D eigenvalue weighted by atomic mass is 16.3. The number of H-pyrrole nitrogens is 1. The summed E-state index contributed by atoms with van der Waals surface area (Å²) in [6.07, 6.45) is 7.46. The van der Waals surface area contributed by atoms with Crippen molar-refractivity contribution in [1.29, 1.82) is 0 Å². The summed E-state index contributed by atoms with van der Waals surface area (Å²) in [7, 11) is 0. The highest BCUT2D eigenvalue weighted by molar-refractivity contribution is 5.87. The van der Waals surface area contributed by atoms with E-state index < -0.39 is 0 Å². The average molecular weight is 244 g/mol. The second-order valence-corrected chi connectivity index (χ2v) is 5.35. The van der Waals surface area contributed by atoms with Gasteiger partial charge in [-0.05, 0) is 31.7 Å². The van der Waals surface area contributed by atoms with Crippen molar-refractivity contribution in [1.82, 2.24) is 15.0 Å². The summed E-state index contributed by atoms with van der Waals surface area (Å²) in [5.74, 6) is 1.03. The number of aromatic nitrogens is 3. The van der Waals surface area contributed by atoms with Crippen LogP contribution in [0.1, 0.15) is 25.7 Å². The van der Waals surface area contributed by atoms with Crippen molar-refractivity contribution in [3.63, 3.8) is 0 Å². The fourth-order valence-electron chi connectivity index (χ4n) is 3.56. The highest BCUT2D eigenvalue weighted by Gasteiger charge is 2.41. The maximum Gasteiger partial charge on any atom is 0.142 e. The minimum Gasteiger partial charge on any atom is -0.393 e. The van der Waals surface area contributed by atoms with Gasteiger partial charge in [0.25, 0.3) is 0 Å². The van der Waals surface area contributed by atoms with Crippen LogP contribution in [0, 0.1) is 0 Å². The molecule has 2 aromatic rings. The van der Waals surface area contributed by atoms with Crippen LogP contribution in [0.25, 0.3) is 11.0 Å². The van der Waals surface area contributed by atoms with Crippen molar-refractivity contribution in [3.8, 4) is 0 Å². The van der Waals surface area contributed by atoms with Gasteiger partial charge < -0.3 is 15.0 Å². The molecule has 0 aliphatic carbocycles. The number of aliphatic hydroxyl groups excluding tert-OH is 1. The fourth-order valence-corrected chi connectivity index (χ4v) is 3.56. The molecule has 0 spiro atoms. The summed E-state index contributed by atoms with van der Waals surface area (Å²) < 4.78 is 0. The van der Waals surface area contributed by atoms with E-state index in [2.05, 4.69) is 19.9 Å². The van der Waals surface area contributed by atoms with Crippen LogP contribution in [-0.2, 0) is 0 Å². The minimum atomic E-state index is -0.137.